The van der Waals surface area contributed by atoms with Crippen molar-refractivity contribution in [2.24, 2.45) is 5.73 Å². The summed E-state index contributed by atoms with van der Waals surface area (Å²) in [6.45, 7) is 6.33. The molecule has 1 atom stereocenters. The molecule has 0 amide bonds. The monoisotopic (exact) mass is 214 g/mol. The molecule has 0 aliphatic heterocycles. The summed E-state index contributed by atoms with van der Waals surface area (Å²) in [7, 11) is 0. The Morgan fingerprint density at radius 1 is 1.20 bits per heavy atom. The molecule has 4 heteroatoms. The Bertz CT molecular complexity index is 188. The minimum atomic E-state index is -0.775. The zero-order valence-corrected chi connectivity index (χ0v) is 9.79. The van der Waals surface area contributed by atoms with Gasteiger partial charge in [0, 0.05) is 19.6 Å². The van der Waals surface area contributed by atoms with Crippen molar-refractivity contribution in [1.29, 1.82) is 5.26 Å². The van der Waals surface area contributed by atoms with E-state index in [1.54, 1.807) is 6.92 Å². The summed E-state index contributed by atoms with van der Waals surface area (Å²) in [6, 6.07) is 2.03. The maximum absolute atomic E-state index is 8.64. The van der Waals surface area contributed by atoms with Crippen molar-refractivity contribution < 1.29 is 9.47 Å². The van der Waals surface area contributed by atoms with Gasteiger partial charge in [0.25, 0.3) is 0 Å². The Balaban J connectivity index is 3.16. The van der Waals surface area contributed by atoms with Crippen molar-refractivity contribution in [3.63, 3.8) is 0 Å². The minimum absolute atomic E-state index is 0.512. The van der Waals surface area contributed by atoms with Gasteiger partial charge in [-0.3, -0.25) is 0 Å². The average Bonchev–Trinajstić information content (AvgIpc) is 2.22. The fourth-order valence-corrected chi connectivity index (χ4v) is 0.908. The third kappa shape index (κ3) is 9.67. The fourth-order valence-electron chi connectivity index (χ4n) is 0.908. The number of hydrogen-bond acceptors (Lipinski definition) is 4. The summed E-state index contributed by atoms with van der Waals surface area (Å²) in [4.78, 5) is 0. The van der Waals surface area contributed by atoms with Crippen LogP contribution in [0.15, 0.2) is 0 Å². The van der Waals surface area contributed by atoms with Crippen LogP contribution in [0.4, 0.5) is 0 Å². The first-order valence-electron chi connectivity index (χ1n) is 5.48. The third-order valence-corrected chi connectivity index (χ3v) is 2.04. The van der Waals surface area contributed by atoms with Crippen LogP contribution in [0.2, 0.25) is 0 Å². The summed E-state index contributed by atoms with van der Waals surface area (Å²) in [5.41, 5.74) is 4.85. The molecule has 0 aromatic heterocycles. The first-order chi connectivity index (χ1) is 7.12. The lowest BCUT2D eigenvalue weighted by molar-refractivity contribution is 0.0429. The predicted octanol–water partition coefficient (Wildman–Crippen LogP) is 1.45. The lowest BCUT2D eigenvalue weighted by Gasteiger charge is -2.14. The molecule has 0 fully saturated rings. The molecule has 0 saturated heterocycles. The SMILES string of the molecule is CCCCOCCOCCC(C)(N)C#N. The molecule has 15 heavy (non-hydrogen) atoms. The zero-order chi connectivity index (χ0) is 11.6. The van der Waals surface area contributed by atoms with Crippen LogP contribution in [0.3, 0.4) is 0 Å². The number of nitrogens with two attached hydrogens (primary N) is 1. The summed E-state index contributed by atoms with van der Waals surface area (Å²) < 4.78 is 10.6. The zero-order valence-electron chi connectivity index (χ0n) is 9.79. The smallest absolute Gasteiger partial charge is 0.103 e. The Morgan fingerprint density at radius 3 is 2.33 bits per heavy atom. The van der Waals surface area contributed by atoms with Crippen LogP contribution in [0, 0.1) is 11.3 Å². The molecule has 0 aliphatic rings. The van der Waals surface area contributed by atoms with Gasteiger partial charge >= 0.3 is 0 Å². The standard InChI is InChI=1S/C11H22N2O2/c1-3-4-6-14-8-9-15-7-5-11(2,13)10-12/h3-9,13H2,1-2H3. The lowest BCUT2D eigenvalue weighted by atomic mass is 10.0. The van der Waals surface area contributed by atoms with Gasteiger partial charge in [0.05, 0.1) is 19.3 Å². The van der Waals surface area contributed by atoms with E-state index in [9.17, 15) is 0 Å². The van der Waals surface area contributed by atoms with E-state index in [-0.39, 0.29) is 0 Å². The summed E-state index contributed by atoms with van der Waals surface area (Å²) in [5.74, 6) is 0. The van der Waals surface area contributed by atoms with Crippen LogP contribution in [0.25, 0.3) is 0 Å². The molecular weight excluding hydrogens is 192 g/mol. The van der Waals surface area contributed by atoms with Gasteiger partial charge in [0.15, 0.2) is 0 Å². The van der Waals surface area contributed by atoms with Crippen LogP contribution in [0.5, 0.6) is 0 Å². The highest BCUT2D eigenvalue weighted by Gasteiger charge is 2.16. The van der Waals surface area contributed by atoms with Gasteiger partial charge in [0.2, 0.25) is 0 Å². The van der Waals surface area contributed by atoms with Crippen molar-refractivity contribution in [2.45, 2.75) is 38.6 Å². The molecule has 0 radical (unpaired) electrons. The van der Waals surface area contributed by atoms with E-state index in [2.05, 4.69) is 6.92 Å². The van der Waals surface area contributed by atoms with Crippen LogP contribution < -0.4 is 5.73 Å². The van der Waals surface area contributed by atoms with Gasteiger partial charge in [-0.25, -0.2) is 0 Å². The van der Waals surface area contributed by atoms with E-state index in [0.717, 1.165) is 19.4 Å². The fraction of sp³-hybridized carbons (Fsp3) is 0.909. The maximum Gasteiger partial charge on any atom is 0.103 e. The average molecular weight is 214 g/mol. The Hall–Kier alpha value is -0.630. The molecule has 0 saturated carbocycles. The van der Waals surface area contributed by atoms with Gasteiger partial charge in [-0.2, -0.15) is 5.26 Å². The predicted molar refractivity (Wildman–Crippen MR) is 59.4 cm³/mol. The third-order valence-electron chi connectivity index (χ3n) is 2.04. The molecule has 0 spiro atoms. The van der Waals surface area contributed by atoms with Crippen molar-refractivity contribution >= 4 is 0 Å². The number of nitrogens with zero attached hydrogens (tertiary/aromatic N) is 1. The number of unbranched alkanes of at least 4 members (excludes halogenated alkanes) is 1. The second kappa shape index (κ2) is 8.66. The van der Waals surface area contributed by atoms with Gasteiger partial charge < -0.3 is 15.2 Å². The Morgan fingerprint density at radius 2 is 1.80 bits per heavy atom. The quantitative estimate of drug-likeness (QED) is 0.590. The molecule has 1 unspecified atom stereocenters. The molecule has 0 heterocycles. The van der Waals surface area contributed by atoms with E-state index in [1.165, 1.54) is 0 Å². The first kappa shape index (κ1) is 14.4. The Kier molecular flexibility index (Phi) is 8.30. The molecule has 4 nitrogen and oxygen atoms in total. The summed E-state index contributed by atoms with van der Waals surface area (Å²) >= 11 is 0. The molecule has 2 N–H and O–H groups in total. The van der Waals surface area contributed by atoms with Crippen LogP contribution in [-0.2, 0) is 9.47 Å². The van der Waals surface area contributed by atoms with Gasteiger partial charge in [-0.15, -0.1) is 0 Å². The van der Waals surface area contributed by atoms with Crippen LogP contribution in [0.1, 0.15) is 33.1 Å². The molecular formula is C11H22N2O2. The first-order valence-corrected chi connectivity index (χ1v) is 5.48. The molecule has 0 aromatic rings. The highest BCUT2D eigenvalue weighted by atomic mass is 16.5. The van der Waals surface area contributed by atoms with Crippen LogP contribution >= 0.6 is 0 Å². The van der Waals surface area contributed by atoms with Crippen molar-refractivity contribution in [1.82, 2.24) is 0 Å². The number of rotatable bonds is 9. The van der Waals surface area contributed by atoms with Crippen molar-refractivity contribution in [3.05, 3.63) is 0 Å². The van der Waals surface area contributed by atoms with Crippen LogP contribution in [-0.4, -0.2) is 32.0 Å². The molecule has 88 valence electrons. The highest BCUT2D eigenvalue weighted by molar-refractivity contribution is 5.00. The second-order valence-electron chi connectivity index (χ2n) is 3.86. The normalized spacial score (nSPS) is 14.5. The number of ether oxygens (including phenoxy) is 2. The second-order valence-corrected chi connectivity index (χ2v) is 3.86. The van der Waals surface area contributed by atoms with E-state index >= 15 is 0 Å². The van der Waals surface area contributed by atoms with E-state index in [0.29, 0.717) is 26.2 Å². The number of hydrogen-bond donors (Lipinski definition) is 1. The Labute approximate surface area is 92.3 Å². The van der Waals surface area contributed by atoms with E-state index in [1.807, 2.05) is 6.07 Å². The maximum atomic E-state index is 8.64. The minimum Gasteiger partial charge on any atom is -0.379 e. The van der Waals surface area contributed by atoms with Gasteiger partial charge in [0.1, 0.15) is 5.54 Å². The molecule has 0 aliphatic carbocycles. The van der Waals surface area contributed by atoms with E-state index in [4.69, 9.17) is 20.5 Å². The topological polar surface area (TPSA) is 68.3 Å². The summed E-state index contributed by atoms with van der Waals surface area (Å²) in [5, 5.41) is 8.64. The number of nitriles is 1. The lowest BCUT2D eigenvalue weighted by Crippen LogP contribution is -2.35. The van der Waals surface area contributed by atoms with E-state index < -0.39 is 5.54 Å². The highest BCUT2D eigenvalue weighted by Crippen LogP contribution is 2.02. The van der Waals surface area contributed by atoms with Crippen molar-refractivity contribution in [3.8, 4) is 6.07 Å². The molecule has 0 aromatic carbocycles. The van der Waals surface area contributed by atoms with Crippen molar-refractivity contribution in [2.75, 3.05) is 26.4 Å². The summed E-state index contributed by atoms with van der Waals surface area (Å²) in [6.07, 6.45) is 2.79. The largest absolute Gasteiger partial charge is 0.379 e. The molecule has 0 bridgehead atoms. The molecule has 0 rings (SSSR count). The van der Waals surface area contributed by atoms with Gasteiger partial charge in [-0.05, 0) is 13.3 Å². The van der Waals surface area contributed by atoms with Gasteiger partial charge in [-0.1, -0.05) is 13.3 Å².